The molecule has 1 aromatic carbocycles. The fourth-order valence-corrected chi connectivity index (χ4v) is 2.54. The van der Waals surface area contributed by atoms with Crippen molar-refractivity contribution in [2.75, 3.05) is 5.43 Å². The van der Waals surface area contributed by atoms with Crippen molar-refractivity contribution in [3.05, 3.63) is 69.4 Å². The van der Waals surface area contributed by atoms with Crippen LogP contribution in [0.2, 0.25) is 0 Å². The largest absolute Gasteiger partial charge is 0.332 e. The van der Waals surface area contributed by atoms with Crippen LogP contribution in [0.5, 0.6) is 0 Å². The number of anilines is 1. The number of nitrogens with zero attached hydrogens (tertiary/aromatic N) is 5. The molecular weight excluding hydrogens is 320 g/mol. The van der Waals surface area contributed by atoms with Gasteiger partial charge in [0.2, 0.25) is 5.95 Å². The van der Waals surface area contributed by atoms with Crippen LogP contribution in [0.4, 0.5) is 5.95 Å². The first-order chi connectivity index (χ1) is 12.0. The molecule has 2 heterocycles. The van der Waals surface area contributed by atoms with Gasteiger partial charge in [-0.15, -0.1) is 6.58 Å². The van der Waals surface area contributed by atoms with Crippen LogP contribution in [0, 0.1) is 0 Å². The monoisotopic (exact) mass is 338 g/mol. The molecule has 0 fully saturated rings. The highest BCUT2D eigenvalue weighted by Crippen LogP contribution is 2.15. The zero-order valence-corrected chi connectivity index (χ0v) is 14.0. The maximum Gasteiger partial charge on any atom is 0.332 e. The zero-order valence-electron chi connectivity index (χ0n) is 14.0. The number of fused-ring (bicyclic) bond motifs is 1. The van der Waals surface area contributed by atoms with E-state index in [1.165, 1.54) is 11.6 Å². The number of imidazole rings is 1. The Labute approximate surface area is 143 Å². The van der Waals surface area contributed by atoms with Crippen molar-refractivity contribution in [1.29, 1.82) is 0 Å². The predicted molar refractivity (Wildman–Crippen MR) is 98.1 cm³/mol. The normalized spacial score (nSPS) is 11.3. The Bertz CT molecular complexity index is 1070. The van der Waals surface area contributed by atoms with Crippen LogP contribution < -0.4 is 16.7 Å². The third kappa shape index (κ3) is 2.89. The van der Waals surface area contributed by atoms with Crippen LogP contribution in [-0.4, -0.2) is 24.9 Å². The van der Waals surface area contributed by atoms with E-state index in [1.807, 2.05) is 30.3 Å². The lowest BCUT2D eigenvalue weighted by Gasteiger charge is -2.06. The highest BCUT2D eigenvalue weighted by atomic mass is 16.2. The fourth-order valence-electron chi connectivity index (χ4n) is 2.54. The second-order valence-corrected chi connectivity index (χ2v) is 5.49. The second kappa shape index (κ2) is 6.60. The smallest absolute Gasteiger partial charge is 0.299 e. The van der Waals surface area contributed by atoms with Gasteiger partial charge >= 0.3 is 5.69 Å². The minimum atomic E-state index is -0.430. The zero-order chi connectivity index (χ0) is 18.0. The number of hydrogen-bond donors (Lipinski definition) is 1. The highest BCUT2D eigenvalue weighted by molar-refractivity contribution is 5.80. The molecular formula is C17H18N6O2. The maximum absolute atomic E-state index is 12.5. The van der Waals surface area contributed by atoms with E-state index in [1.54, 1.807) is 23.9 Å². The molecule has 25 heavy (non-hydrogen) atoms. The summed E-state index contributed by atoms with van der Waals surface area (Å²) in [5, 5.41) is 4.17. The summed E-state index contributed by atoms with van der Waals surface area (Å²) in [6, 6.07) is 9.57. The summed E-state index contributed by atoms with van der Waals surface area (Å²) < 4.78 is 4.04. The van der Waals surface area contributed by atoms with Crippen molar-refractivity contribution >= 4 is 23.3 Å². The minimum absolute atomic E-state index is 0.298. The van der Waals surface area contributed by atoms with E-state index in [4.69, 9.17) is 0 Å². The first-order valence-corrected chi connectivity index (χ1v) is 7.66. The Morgan fingerprint density at radius 3 is 2.60 bits per heavy atom. The van der Waals surface area contributed by atoms with Crippen molar-refractivity contribution in [3.8, 4) is 0 Å². The summed E-state index contributed by atoms with van der Waals surface area (Å²) in [4.78, 5) is 28.9. The number of aryl methyl sites for hydroxylation is 1. The van der Waals surface area contributed by atoms with Crippen molar-refractivity contribution in [2.45, 2.75) is 6.54 Å². The maximum atomic E-state index is 12.5. The van der Waals surface area contributed by atoms with Crippen LogP contribution in [0.1, 0.15) is 5.56 Å². The molecule has 0 aliphatic heterocycles. The third-order valence-electron chi connectivity index (χ3n) is 3.84. The fraction of sp³-hybridized carbons (Fsp3) is 0.176. The molecule has 0 radical (unpaired) electrons. The lowest BCUT2D eigenvalue weighted by molar-refractivity contribution is 0.703. The molecule has 0 aliphatic carbocycles. The van der Waals surface area contributed by atoms with Gasteiger partial charge in [-0.25, -0.2) is 10.2 Å². The molecule has 3 rings (SSSR count). The van der Waals surface area contributed by atoms with Gasteiger partial charge in [0.25, 0.3) is 5.56 Å². The summed E-state index contributed by atoms with van der Waals surface area (Å²) in [6.45, 7) is 4.07. The van der Waals surface area contributed by atoms with E-state index in [2.05, 4.69) is 22.1 Å². The summed E-state index contributed by atoms with van der Waals surface area (Å²) in [5.41, 5.74) is 3.54. The molecule has 0 unspecified atom stereocenters. The van der Waals surface area contributed by atoms with Gasteiger partial charge in [0.1, 0.15) is 0 Å². The van der Waals surface area contributed by atoms with Crippen LogP contribution in [-0.2, 0) is 20.6 Å². The van der Waals surface area contributed by atoms with E-state index in [-0.39, 0.29) is 0 Å². The lowest BCUT2D eigenvalue weighted by atomic mass is 10.2. The van der Waals surface area contributed by atoms with Crippen LogP contribution in [0.3, 0.4) is 0 Å². The average Bonchev–Trinajstić information content (AvgIpc) is 2.98. The Kier molecular flexibility index (Phi) is 4.34. The standard InChI is InChI=1S/C17H18N6O2/c1-4-10-23-13-14(21(2)17(25)22(3)15(13)24)19-16(23)20-18-11-12-8-6-5-7-9-12/h4-9,11H,1,10H2,2-3H3,(H,19,20)/b18-11+. The highest BCUT2D eigenvalue weighted by Gasteiger charge is 2.18. The Morgan fingerprint density at radius 1 is 1.20 bits per heavy atom. The van der Waals surface area contributed by atoms with E-state index < -0.39 is 11.2 Å². The molecule has 3 aromatic rings. The Morgan fingerprint density at radius 2 is 1.92 bits per heavy atom. The molecule has 2 aromatic heterocycles. The first-order valence-electron chi connectivity index (χ1n) is 7.66. The van der Waals surface area contributed by atoms with Crippen LogP contribution in [0.15, 0.2) is 57.7 Å². The molecule has 0 bridgehead atoms. The molecule has 8 heteroatoms. The number of hydrazone groups is 1. The van der Waals surface area contributed by atoms with Gasteiger partial charge in [-0.2, -0.15) is 10.1 Å². The van der Waals surface area contributed by atoms with Crippen molar-refractivity contribution in [2.24, 2.45) is 19.2 Å². The lowest BCUT2D eigenvalue weighted by Crippen LogP contribution is -2.37. The number of aromatic nitrogens is 4. The molecule has 128 valence electrons. The third-order valence-corrected chi connectivity index (χ3v) is 3.84. The van der Waals surface area contributed by atoms with E-state index >= 15 is 0 Å². The molecule has 0 saturated heterocycles. The van der Waals surface area contributed by atoms with E-state index in [9.17, 15) is 9.59 Å². The van der Waals surface area contributed by atoms with E-state index in [0.717, 1.165) is 10.1 Å². The molecule has 0 aliphatic rings. The van der Waals surface area contributed by atoms with Crippen LogP contribution >= 0.6 is 0 Å². The Hall–Kier alpha value is -3.42. The van der Waals surface area contributed by atoms with Gasteiger partial charge in [0, 0.05) is 20.6 Å². The van der Waals surface area contributed by atoms with Gasteiger partial charge in [-0.3, -0.25) is 18.5 Å². The Balaban J connectivity index is 2.10. The number of rotatable bonds is 5. The number of hydrogen-bond acceptors (Lipinski definition) is 5. The second-order valence-electron chi connectivity index (χ2n) is 5.49. The molecule has 0 amide bonds. The number of benzene rings is 1. The van der Waals surface area contributed by atoms with Gasteiger partial charge in [-0.1, -0.05) is 36.4 Å². The van der Waals surface area contributed by atoms with Crippen LogP contribution in [0.25, 0.3) is 11.2 Å². The summed E-state index contributed by atoms with van der Waals surface area (Å²) in [5.74, 6) is 0.361. The van der Waals surface area contributed by atoms with Crippen molar-refractivity contribution in [3.63, 3.8) is 0 Å². The predicted octanol–water partition coefficient (Wildman–Crippen LogP) is 1.07. The molecule has 0 spiro atoms. The first kappa shape index (κ1) is 16.4. The minimum Gasteiger partial charge on any atom is -0.299 e. The molecule has 1 N–H and O–H groups in total. The van der Waals surface area contributed by atoms with Gasteiger partial charge < -0.3 is 0 Å². The summed E-state index contributed by atoms with van der Waals surface area (Å²) in [7, 11) is 3.02. The summed E-state index contributed by atoms with van der Waals surface area (Å²) >= 11 is 0. The molecule has 8 nitrogen and oxygen atoms in total. The number of nitrogens with one attached hydrogen (secondary N) is 1. The molecule has 0 saturated carbocycles. The quantitative estimate of drug-likeness (QED) is 0.428. The summed E-state index contributed by atoms with van der Waals surface area (Å²) in [6.07, 6.45) is 3.30. The van der Waals surface area contributed by atoms with Crippen molar-refractivity contribution in [1.82, 2.24) is 18.7 Å². The number of allylic oxidation sites excluding steroid dienone is 1. The van der Waals surface area contributed by atoms with Gasteiger partial charge in [-0.05, 0) is 5.56 Å². The topological polar surface area (TPSA) is 86.2 Å². The molecule has 0 atom stereocenters. The van der Waals surface area contributed by atoms with E-state index in [0.29, 0.717) is 23.7 Å². The van der Waals surface area contributed by atoms with Gasteiger partial charge in [0.05, 0.1) is 6.21 Å². The van der Waals surface area contributed by atoms with Gasteiger partial charge in [0.15, 0.2) is 11.2 Å². The SMILES string of the molecule is C=CCn1c(N/N=C/c2ccccc2)nc2c1c(=O)n(C)c(=O)n2C. The van der Waals surface area contributed by atoms with Crippen molar-refractivity contribution < 1.29 is 0 Å². The average molecular weight is 338 g/mol.